The molecule has 1 saturated heterocycles. The van der Waals surface area contributed by atoms with E-state index in [9.17, 15) is 8.42 Å². The Kier molecular flexibility index (Phi) is 2.32. The van der Waals surface area contributed by atoms with Gasteiger partial charge < -0.3 is 9.84 Å². The van der Waals surface area contributed by atoms with Crippen LogP contribution in [0.15, 0.2) is 10.6 Å². The first-order valence-electron chi connectivity index (χ1n) is 4.41. The third-order valence-corrected chi connectivity index (χ3v) is 3.97. The Balaban J connectivity index is 1.79. The lowest BCUT2D eigenvalue weighted by atomic mass is 10.3. The SMILES string of the molecule is Cc1cc(CNC2CS(=O)(=O)C2)on1. The van der Waals surface area contributed by atoms with E-state index in [0.717, 1.165) is 11.5 Å². The normalized spacial score (nSPS) is 20.6. The Morgan fingerprint density at radius 2 is 2.36 bits per heavy atom. The largest absolute Gasteiger partial charge is 0.360 e. The number of aryl methyl sites for hydroxylation is 1. The number of sulfone groups is 1. The van der Waals surface area contributed by atoms with Gasteiger partial charge in [-0.25, -0.2) is 8.42 Å². The molecule has 78 valence electrons. The van der Waals surface area contributed by atoms with Crippen LogP contribution < -0.4 is 5.32 Å². The Bertz CT molecular complexity index is 412. The average molecular weight is 216 g/mol. The molecule has 0 aliphatic carbocycles. The smallest absolute Gasteiger partial charge is 0.153 e. The van der Waals surface area contributed by atoms with Crippen molar-refractivity contribution in [1.29, 1.82) is 0 Å². The van der Waals surface area contributed by atoms with Gasteiger partial charge in [-0.3, -0.25) is 0 Å². The molecule has 1 N–H and O–H groups in total. The first-order chi connectivity index (χ1) is 6.55. The number of nitrogens with one attached hydrogen (secondary N) is 1. The van der Waals surface area contributed by atoms with Crippen molar-refractivity contribution in [3.05, 3.63) is 17.5 Å². The molecule has 0 atom stereocenters. The van der Waals surface area contributed by atoms with E-state index in [0.29, 0.717) is 6.54 Å². The maximum Gasteiger partial charge on any atom is 0.153 e. The summed E-state index contributed by atoms with van der Waals surface area (Å²) in [7, 11) is -2.74. The van der Waals surface area contributed by atoms with Gasteiger partial charge >= 0.3 is 0 Å². The van der Waals surface area contributed by atoms with Crippen molar-refractivity contribution < 1.29 is 12.9 Å². The monoisotopic (exact) mass is 216 g/mol. The van der Waals surface area contributed by atoms with Crippen LogP contribution in [0, 0.1) is 6.92 Å². The molecule has 0 radical (unpaired) electrons. The topological polar surface area (TPSA) is 72.2 Å². The van der Waals surface area contributed by atoms with Crippen molar-refractivity contribution in [3.8, 4) is 0 Å². The third kappa shape index (κ3) is 2.13. The molecule has 1 fully saturated rings. The molecule has 0 saturated carbocycles. The predicted octanol–water partition coefficient (Wildman–Crippen LogP) is -0.130. The fourth-order valence-electron chi connectivity index (χ4n) is 1.43. The van der Waals surface area contributed by atoms with Crippen LogP contribution in [-0.2, 0) is 16.4 Å². The van der Waals surface area contributed by atoms with Crippen LogP contribution in [0.5, 0.6) is 0 Å². The molecule has 2 rings (SSSR count). The molecule has 0 bridgehead atoms. The minimum Gasteiger partial charge on any atom is -0.360 e. The molecule has 14 heavy (non-hydrogen) atoms. The van der Waals surface area contributed by atoms with E-state index in [4.69, 9.17) is 4.52 Å². The Hall–Kier alpha value is -0.880. The van der Waals surface area contributed by atoms with Crippen molar-refractivity contribution in [2.24, 2.45) is 0 Å². The molecule has 0 spiro atoms. The molecule has 5 nitrogen and oxygen atoms in total. The van der Waals surface area contributed by atoms with Crippen LogP contribution in [0.1, 0.15) is 11.5 Å². The number of nitrogens with zero attached hydrogens (tertiary/aromatic N) is 1. The summed E-state index contributed by atoms with van der Waals surface area (Å²) in [5.41, 5.74) is 0.836. The minimum absolute atomic E-state index is 0.0745. The van der Waals surface area contributed by atoms with Gasteiger partial charge in [0.1, 0.15) is 0 Å². The van der Waals surface area contributed by atoms with Gasteiger partial charge in [-0.2, -0.15) is 0 Å². The Morgan fingerprint density at radius 1 is 1.64 bits per heavy atom. The maximum atomic E-state index is 10.8. The summed E-state index contributed by atoms with van der Waals surface area (Å²) < 4.78 is 26.6. The summed E-state index contributed by atoms with van der Waals surface area (Å²) in [6.45, 7) is 2.39. The summed E-state index contributed by atoms with van der Waals surface area (Å²) >= 11 is 0. The van der Waals surface area contributed by atoms with E-state index in [1.165, 1.54) is 0 Å². The average Bonchev–Trinajstić information content (AvgIpc) is 2.44. The van der Waals surface area contributed by atoms with Crippen molar-refractivity contribution >= 4 is 9.84 Å². The van der Waals surface area contributed by atoms with Crippen LogP contribution in [-0.4, -0.2) is 31.1 Å². The third-order valence-electron chi connectivity index (χ3n) is 2.15. The summed E-state index contributed by atoms with van der Waals surface area (Å²) in [6, 6.07) is 1.91. The zero-order chi connectivity index (χ0) is 10.2. The molecule has 1 aromatic rings. The summed E-state index contributed by atoms with van der Waals surface area (Å²) in [6.07, 6.45) is 0. The number of aromatic nitrogens is 1. The second-order valence-electron chi connectivity index (χ2n) is 3.59. The van der Waals surface area contributed by atoms with Gasteiger partial charge in [0, 0.05) is 12.1 Å². The molecule has 1 aliphatic rings. The second kappa shape index (κ2) is 3.36. The number of hydrogen-bond acceptors (Lipinski definition) is 5. The van der Waals surface area contributed by atoms with Gasteiger partial charge in [-0.15, -0.1) is 0 Å². The Labute approximate surface area is 82.4 Å². The van der Waals surface area contributed by atoms with E-state index in [-0.39, 0.29) is 17.5 Å². The van der Waals surface area contributed by atoms with Gasteiger partial charge in [0.15, 0.2) is 15.6 Å². The molecule has 1 aliphatic heterocycles. The fraction of sp³-hybridized carbons (Fsp3) is 0.625. The lowest BCUT2D eigenvalue weighted by Crippen LogP contribution is -2.50. The molecule has 6 heteroatoms. The highest BCUT2D eigenvalue weighted by Crippen LogP contribution is 2.11. The van der Waals surface area contributed by atoms with Crippen molar-refractivity contribution in [2.75, 3.05) is 11.5 Å². The van der Waals surface area contributed by atoms with Crippen LogP contribution in [0.4, 0.5) is 0 Å². The molecule has 0 aromatic carbocycles. The zero-order valence-electron chi connectivity index (χ0n) is 7.86. The zero-order valence-corrected chi connectivity index (χ0v) is 8.67. The standard InChI is InChI=1S/C8H12N2O3S/c1-6-2-8(13-10-6)3-9-7-4-14(11,12)5-7/h2,7,9H,3-5H2,1H3. The lowest BCUT2D eigenvalue weighted by molar-refractivity contribution is 0.362. The van der Waals surface area contributed by atoms with Gasteiger partial charge in [0.2, 0.25) is 0 Å². The van der Waals surface area contributed by atoms with Crippen molar-refractivity contribution in [2.45, 2.75) is 19.5 Å². The van der Waals surface area contributed by atoms with Crippen molar-refractivity contribution in [1.82, 2.24) is 10.5 Å². The highest BCUT2D eigenvalue weighted by molar-refractivity contribution is 7.92. The summed E-state index contributed by atoms with van der Waals surface area (Å²) in [5.74, 6) is 1.21. The molecule has 2 heterocycles. The predicted molar refractivity (Wildman–Crippen MR) is 50.5 cm³/mol. The second-order valence-corrected chi connectivity index (χ2v) is 5.74. The van der Waals surface area contributed by atoms with Gasteiger partial charge in [-0.1, -0.05) is 5.16 Å². The molecule has 0 amide bonds. The summed E-state index contributed by atoms with van der Waals surface area (Å²) in [5, 5.41) is 6.83. The lowest BCUT2D eigenvalue weighted by Gasteiger charge is -2.26. The highest BCUT2D eigenvalue weighted by atomic mass is 32.2. The van der Waals surface area contributed by atoms with Crippen LogP contribution in [0.3, 0.4) is 0 Å². The molecular weight excluding hydrogens is 204 g/mol. The molecule has 0 unspecified atom stereocenters. The van der Waals surface area contributed by atoms with E-state index >= 15 is 0 Å². The van der Waals surface area contributed by atoms with Gasteiger partial charge in [-0.05, 0) is 6.92 Å². The minimum atomic E-state index is -2.74. The quantitative estimate of drug-likeness (QED) is 0.762. The van der Waals surface area contributed by atoms with Crippen LogP contribution >= 0.6 is 0 Å². The van der Waals surface area contributed by atoms with E-state index < -0.39 is 9.84 Å². The first-order valence-corrected chi connectivity index (χ1v) is 6.23. The van der Waals surface area contributed by atoms with Gasteiger partial charge in [0.25, 0.3) is 0 Å². The van der Waals surface area contributed by atoms with Gasteiger partial charge in [0.05, 0.1) is 23.7 Å². The van der Waals surface area contributed by atoms with Crippen molar-refractivity contribution in [3.63, 3.8) is 0 Å². The fourth-order valence-corrected chi connectivity index (χ4v) is 2.79. The highest BCUT2D eigenvalue weighted by Gasteiger charge is 2.32. The molecule has 1 aromatic heterocycles. The maximum absolute atomic E-state index is 10.8. The number of rotatable bonds is 3. The van der Waals surface area contributed by atoms with E-state index in [1.807, 2.05) is 13.0 Å². The first kappa shape index (κ1) is 9.67. The van der Waals surface area contributed by atoms with Crippen LogP contribution in [0.2, 0.25) is 0 Å². The summed E-state index contributed by atoms with van der Waals surface area (Å²) in [4.78, 5) is 0. The van der Waals surface area contributed by atoms with E-state index in [2.05, 4.69) is 10.5 Å². The Morgan fingerprint density at radius 3 is 2.86 bits per heavy atom. The van der Waals surface area contributed by atoms with E-state index in [1.54, 1.807) is 0 Å². The van der Waals surface area contributed by atoms with Crippen LogP contribution in [0.25, 0.3) is 0 Å². The number of hydrogen-bond donors (Lipinski definition) is 1. The molecular formula is C8H12N2O3S.